The molecule has 0 saturated carbocycles. The molecule has 0 amide bonds. The van der Waals surface area contributed by atoms with E-state index in [1.165, 1.54) is 5.56 Å². The fraction of sp³-hybridized carbons (Fsp3) is 0.619. The number of hydrazone groups is 1. The number of nitrogens with zero attached hydrogens (tertiary/aromatic N) is 4. The van der Waals surface area contributed by atoms with Gasteiger partial charge >= 0.3 is 5.97 Å². The van der Waals surface area contributed by atoms with E-state index < -0.39 is 5.97 Å². The summed E-state index contributed by atoms with van der Waals surface area (Å²) in [6, 6.07) is 8.64. The van der Waals surface area contributed by atoms with Crippen molar-refractivity contribution in [2.75, 3.05) is 65.6 Å². The predicted molar refractivity (Wildman–Crippen MR) is 112 cm³/mol. The van der Waals surface area contributed by atoms with E-state index in [4.69, 9.17) is 14.7 Å². The van der Waals surface area contributed by atoms with Crippen LogP contribution in [0, 0.1) is 0 Å². The van der Waals surface area contributed by atoms with Crippen LogP contribution in [0.2, 0.25) is 0 Å². The Labute approximate surface area is 177 Å². The molecule has 2 atom stereocenters. The number of aliphatic carboxylic acids is 1. The lowest BCUT2D eigenvalue weighted by Gasteiger charge is -2.34. The Morgan fingerprint density at radius 2 is 1.80 bits per heavy atom. The van der Waals surface area contributed by atoms with Gasteiger partial charge in [0.2, 0.25) is 0 Å². The van der Waals surface area contributed by atoms with Crippen molar-refractivity contribution in [3.63, 3.8) is 0 Å². The van der Waals surface area contributed by atoms with Gasteiger partial charge in [-0.2, -0.15) is 10.6 Å². The SMILES string of the molecule is O=C(O)CN1CCN(CC2CC(c3ccc(C=NN4CCOCC4)cc3)NO2)CC1. The molecule has 164 valence electrons. The van der Waals surface area contributed by atoms with Gasteiger partial charge in [0, 0.05) is 32.7 Å². The van der Waals surface area contributed by atoms with Gasteiger partial charge < -0.3 is 9.84 Å². The first kappa shape index (κ1) is 21.2. The van der Waals surface area contributed by atoms with Gasteiger partial charge in [-0.05, 0) is 17.5 Å². The lowest BCUT2D eigenvalue weighted by molar-refractivity contribution is -0.138. The minimum atomic E-state index is -0.756. The molecule has 3 saturated heterocycles. The average molecular weight is 418 g/mol. The van der Waals surface area contributed by atoms with E-state index in [-0.39, 0.29) is 18.7 Å². The van der Waals surface area contributed by atoms with Crippen molar-refractivity contribution < 1.29 is 19.5 Å². The van der Waals surface area contributed by atoms with Crippen molar-refractivity contribution in [3.8, 4) is 0 Å². The van der Waals surface area contributed by atoms with E-state index in [0.29, 0.717) is 0 Å². The summed E-state index contributed by atoms with van der Waals surface area (Å²) in [6.45, 7) is 7.52. The number of rotatable bonds is 7. The molecule has 9 nitrogen and oxygen atoms in total. The number of piperazine rings is 1. The molecule has 2 N–H and O–H groups in total. The van der Waals surface area contributed by atoms with Crippen LogP contribution in [0.4, 0.5) is 0 Å². The summed E-state index contributed by atoms with van der Waals surface area (Å²) in [4.78, 5) is 21.0. The van der Waals surface area contributed by atoms with Crippen molar-refractivity contribution >= 4 is 12.2 Å². The second-order valence-electron chi connectivity index (χ2n) is 8.09. The molecule has 3 heterocycles. The standard InChI is InChI=1S/C21H31N5O4/c27-21(28)16-25-7-5-24(6-8-25)15-19-13-20(23-30-19)18-3-1-17(2-4-18)14-22-26-9-11-29-12-10-26/h1-4,14,19-20,23H,5-13,15-16H2,(H,27,28). The molecule has 4 rings (SSSR count). The topological polar surface area (TPSA) is 89.9 Å². The predicted octanol–water partition coefficient (Wildman–Crippen LogP) is 0.390. The van der Waals surface area contributed by atoms with Gasteiger partial charge in [-0.3, -0.25) is 24.4 Å². The van der Waals surface area contributed by atoms with E-state index in [9.17, 15) is 4.79 Å². The molecule has 2 unspecified atom stereocenters. The summed E-state index contributed by atoms with van der Waals surface area (Å²) in [5, 5.41) is 15.5. The molecule has 3 aliphatic rings. The van der Waals surface area contributed by atoms with Crippen LogP contribution in [0.1, 0.15) is 23.6 Å². The molecule has 0 spiro atoms. The number of nitrogens with one attached hydrogen (secondary N) is 1. The molecule has 0 radical (unpaired) electrons. The number of hydroxylamine groups is 1. The Kier molecular flexibility index (Phi) is 7.29. The Morgan fingerprint density at radius 1 is 1.10 bits per heavy atom. The summed E-state index contributed by atoms with van der Waals surface area (Å²) in [5.41, 5.74) is 5.48. The Balaban J connectivity index is 1.21. The maximum atomic E-state index is 10.8. The van der Waals surface area contributed by atoms with Crippen LogP contribution < -0.4 is 5.48 Å². The molecular weight excluding hydrogens is 386 g/mol. The number of benzene rings is 1. The zero-order chi connectivity index (χ0) is 20.8. The van der Waals surface area contributed by atoms with E-state index in [1.54, 1.807) is 0 Å². The molecule has 9 heteroatoms. The Bertz CT molecular complexity index is 715. The average Bonchev–Trinajstić information content (AvgIpc) is 3.23. The monoisotopic (exact) mass is 417 g/mol. The van der Waals surface area contributed by atoms with Crippen molar-refractivity contribution in [2.24, 2.45) is 5.10 Å². The normalized spacial score (nSPS) is 26.5. The fourth-order valence-electron chi connectivity index (χ4n) is 4.09. The minimum Gasteiger partial charge on any atom is -0.480 e. The lowest BCUT2D eigenvalue weighted by atomic mass is 10.0. The third kappa shape index (κ3) is 5.99. The highest BCUT2D eigenvalue weighted by atomic mass is 16.7. The van der Waals surface area contributed by atoms with Crippen LogP contribution in [-0.2, 0) is 14.4 Å². The molecule has 0 aliphatic carbocycles. The molecule has 0 aromatic heterocycles. The first-order valence-electron chi connectivity index (χ1n) is 10.7. The maximum absolute atomic E-state index is 10.8. The zero-order valence-electron chi connectivity index (χ0n) is 17.3. The molecular formula is C21H31N5O4. The summed E-state index contributed by atoms with van der Waals surface area (Å²) >= 11 is 0. The van der Waals surface area contributed by atoms with Crippen LogP contribution in [0.25, 0.3) is 0 Å². The first-order valence-corrected chi connectivity index (χ1v) is 10.7. The largest absolute Gasteiger partial charge is 0.480 e. The van der Waals surface area contributed by atoms with Crippen molar-refractivity contribution in [2.45, 2.75) is 18.6 Å². The highest BCUT2D eigenvalue weighted by Crippen LogP contribution is 2.26. The van der Waals surface area contributed by atoms with Crippen molar-refractivity contribution in [1.82, 2.24) is 20.3 Å². The Morgan fingerprint density at radius 3 is 2.50 bits per heavy atom. The smallest absolute Gasteiger partial charge is 0.317 e. The summed E-state index contributed by atoms with van der Waals surface area (Å²) < 4.78 is 5.34. The van der Waals surface area contributed by atoms with Gasteiger partial charge in [0.05, 0.1) is 51.2 Å². The summed E-state index contributed by atoms with van der Waals surface area (Å²) in [6.07, 6.45) is 2.97. The third-order valence-corrected chi connectivity index (χ3v) is 5.86. The number of carboxylic acid groups (broad SMARTS) is 1. The van der Waals surface area contributed by atoms with Gasteiger partial charge in [0.25, 0.3) is 0 Å². The van der Waals surface area contributed by atoms with Crippen LogP contribution in [-0.4, -0.2) is 104 Å². The van der Waals surface area contributed by atoms with Gasteiger partial charge in [0.15, 0.2) is 0 Å². The number of hydrogen-bond acceptors (Lipinski definition) is 8. The number of hydrogen-bond donors (Lipinski definition) is 2. The van der Waals surface area contributed by atoms with Crippen molar-refractivity contribution in [1.29, 1.82) is 0 Å². The molecule has 30 heavy (non-hydrogen) atoms. The van der Waals surface area contributed by atoms with Gasteiger partial charge in [-0.1, -0.05) is 24.3 Å². The Hall–Kier alpha value is -2.04. The van der Waals surface area contributed by atoms with E-state index >= 15 is 0 Å². The molecule has 3 aliphatic heterocycles. The van der Waals surface area contributed by atoms with Crippen LogP contribution in [0.5, 0.6) is 0 Å². The highest BCUT2D eigenvalue weighted by molar-refractivity contribution is 5.79. The fourth-order valence-corrected chi connectivity index (χ4v) is 4.09. The van der Waals surface area contributed by atoms with E-state index in [1.807, 2.05) is 16.1 Å². The molecule has 0 bridgehead atoms. The molecule has 1 aromatic rings. The van der Waals surface area contributed by atoms with Crippen LogP contribution in [0.15, 0.2) is 29.4 Å². The zero-order valence-corrected chi connectivity index (χ0v) is 17.3. The van der Waals surface area contributed by atoms with Gasteiger partial charge in [0.1, 0.15) is 0 Å². The van der Waals surface area contributed by atoms with Gasteiger partial charge in [-0.25, -0.2) is 0 Å². The van der Waals surface area contributed by atoms with Crippen molar-refractivity contribution in [3.05, 3.63) is 35.4 Å². The quantitative estimate of drug-likeness (QED) is 0.616. The summed E-state index contributed by atoms with van der Waals surface area (Å²) in [5.74, 6) is -0.756. The van der Waals surface area contributed by atoms with Crippen LogP contribution >= 0.6 is 0 Å². The highest BCUT2D eigenvalue weighted by Gasteiger charge is 2.29. The summed E-state index contributed by atoms with van der Waals surface area (Å²) in [7, 11) is 0. The number of carboxylic acids is 1. The number of ether oxygens (including phenoxy) is 1. The maximum Gasteiger partial charge on any atom is 0.317 e. The lowest BCUT2D eigenvalue weighted by Crippen LogP contribution is -2.49. The first-order chi connectivity index (χ1) is 14.7. The van der Waals surface area contributed by atoms with E-state index in [2.05, 4.69) is 39.7 Å². The minimum absolute atomic E-state index is 0.130. The molecule has 3 fully saturated rings. The second-order valence-corrected chi connectivity index (χ2v) is 8.09. The van der Waals surface area contributed by atoms with Crippen LogP contribution in [0.3, 0.4) is 0 Å². The second kappa shape index (κ2) is 10.3. The third-order valence-electron chi connectivity index (χ3n) is 5.86. The number of morpholine rings is 1. The van der Waals surface area contributed by atoms with Gasteiger partial charge in [-0.15, -0.1) is 0 Å². The molecule has 1 aromatic carbocycles. The number of carbonyl (C=O) groups is 1. The van der Waals surface area contributed by atoms with E-state index in [0.717, 1.165) is 71.0 Å².